The standard InChI is InChI=1S/C15H24F3N3O2S/c1-5-11-12-7-10(20-24(22,23)15(16,17)18)8-21(12)13(6-2)19-14(11)9(3)4/h9-10,14,20H,5-8H2,1-4H3/t10-,14-/m0/s1. The van der Waals surface area contributed by atoms with E-state index in [-0.39, 0.29) is 24.9 Å². The summed E-state index contributed by atoms with van der Waals surface area (Å²) in [6.07, 6.45) is 1.66. The molecule has 0 aromatic rings. The van der Waals surface area contributed by atoms with Gasteiger partial charge in [-0.3, -0.25) is 4.99 Å². The Balaban J connectivity index is 2.32. The fourth-order valence-electron chi connectivity index (χ4n) is 3.40. The number of amidine groups is 1. The summed E-state index contributed by atoms with van der Waals surface area (Å²) in [5.74, 6) is 1.09. The molecule has 5 nitrogen and oxygen atoms in total. The molecular weight excluding hydrogens is 343 g/mol. The van der Waals surface area contributed by atoms with Gasteiger partial charge in [0.1, 0.15) is 5.84 Å². The molecule has 1 fully saturated rings. The molecule has 0 amide bonds. The van der Waals surface area contributed by atoms with Gasteiger partial charge in [0.2, 0.25) is 0 Å². The van der Waals surface area contributed by atoms with E-state index >= 15 is 0 Å². The first kappa shape index (κ1) is 19.2. The Kier molecular flexibility index (Phi) is 5.34. The second-order valence-electron chi connectivity index (χ2n) is 6.49. The van der Waals surface area contributed by atoms with Crippen molar-refractivity contribution in [2.24, 2.45) is 10.9 Å². The normalized spacial score (nSPS) is 25.3. The summed E-state index contributed by atoms with van der Waals surface area (Å²) >= 11 is 0. The van der Waals surface area contributed by atoms with Crippen molar-refractivity contribution in [3.05, 3.63) is 11.3 Å². The molecule has 138 valence electrons. The van der Waals surface area contributed by atoms with Crippen LogP contribution in [0.4, 0.5) is 13.2 Å². The first-order valence-electron chi connectivity index (χ1n) is 8.16. The molecule has 9 heteroatoms. The van der Waals surface area contributed by atoms with Crippen LogP contribution in [0.5, 0.6) is 0 Å². The van der Waals surface area contributed by atoms with Gasteiger partial charge in [0.15, 0.2) is 0 Å². The van der Waals surface area contributed by atoms with Crippen molar-refractivity contribution in [3.8, 4) is 0 Å². The Bertz CT molecular complexity index is 653. The van der Waals surface area contributed by atoms with Crippen LogP contribution in [0.15, 0.2) is 16.3 Å². The maximum absolute atomic E-state index is 12.6. The fourth-order valence-corrected chi connectivity index (χ4v) is 4.13. The number of hydrogen-bond acceptors (Lipinski definition) is 4. The fraction of sp³-hybridized carbons (Fsp3) is 0.800. The highest BCUT2D eigenvalue weighted by atomic mass is 32.2. The molecule has 1 N–H and O–H groups in total. The molecule has 2 heterocycles. The predicted molar refractivity (Wildman–Crippen MR) is 86.9 cm³/mol. The summed E-state index contributed by atoms with van der Waals surface area (Å²) in [6.45, 7) is 8.25. The molecular formula is C15H24F3N3O2S. The zero-order chi connectivity index (χ0) is 18.3. The lowest BCUT2D eigenvalue weighted by Gasteiger charge is -2.34. The smallest absolute Gasteiger partial charge is 0.332 e. The van der Waals surface area contributed by atoms with Crippen LogP contribution in [-0.2, 0) is 10.0 Å². The van der Waals surface area contributed by atoms with E-state index in [1.165, 1.54) is 0 Å². The van der Waals surface area contributed by atoms with E-state index < -0.39 is 21.6 Å². The molecule has 0 aromatic heterocycles. The maximum atomic E-state index is 12.6. The first-order valence-corrected chi connectivity index (χ1v) is 9.64. The molecule has 2 rings (SSSR count). The predicted octanol–water partition coefficient (Wildman–Crippen LogP) is 3.01. The Hall–Kier alpha value is -1.09. The van der Waals surface area contributed by atoms with Crippen LogP contribution in [0.3, 0.4) is 0 Å². The maximum Gasteiger partial charge on any atom is 0.511 e. The Morgan fingerprint density at radius 2 is 1.92 bits per heavy atom. The summed E-state index contributed by atoms with van der Waals surface area (Å²) in [5, 5.41) is 0. The van der Waals surface area contributed by atoms with Crippen molar-refractivity contribution < 1.29 is 21.6 Å². The van der Waals surface area contributed by atoms with Crippen LogP contribution in [0.25, 0.3) is 0 Å². The summed E-state index contributed by atoms with van der Waals surface area (Å²) in [7, 11) is -5.34. The van der Waals surface area contributed by atoms with E-state index in [0.717, 1.165) is 23.5 Å². The number of hydrogen-bond donors (Lipinski definition) is 1. The van der Waals surface area contributed by atoms with Crippen molar-refractivity contribution in [2.75, 3.05) is 6.54 Å². The minimum atomic E-state index is -5.34. The summed E-state index contributed by atoms with van der Waals surface area (Å²) in [6, 6.07) is -0.787. The summed E-state index contributed by atoms with van der Waals surface area (Å²) in [5.41, 5.74) is -3.27. The second kappa shape index (κ2) is 6.67. The minimum Gasteiger partial charge on any atom is -0.332 e. The van der Waals surface area contributed by atoms with Crippen LogP contribution in [0.1, 0.15) is 47.0 Å². The molecule has 24 heavy (non-hydrogen) atoms. The monoisotopic (exact) mass is 367 g/mol. The van der Waals surface area contributed by atoms with Crippen molar-refractivity contribution in [1.82, 2.24) is 9.62 Å². The number of nitrogens with zero attached hydrogens (tertiary/aromatic N) is 2. The van der Waals surface area contributed by atoms with E-state index in [4.69, 9.17) is 4.99 Å². The third-order valence-corrected chi connectivity index (χ3v) is 5.70. The molecule has 1 saturated heterocycles. The van der Waals surface area contributed by atoms with Gasteiger partial charge in [-0.1, -0.05) is 27.7 Å². The van der Waals surface area contributed by atoms with E-state index in [1.807, 2.05) is 18.7 Å². The van der Waals surface area contributed by atoms with Gasteiger partial charge in [-0.05, 0) is 17.9 Å². The molecule has 2 aliphatic rings. The van der Waals surface area contributed by atoms with Gasteiger partial charge in [0, 0.05) is 31.1 Å². The molecule has 0 unspecified atom stereocenters. The molecule has 0 aliphatic carbocycles. The van der Waals surface area contributed by atoms with Crippen LogP contribution >= 0.6 is 0 Å². The van der Waals surface area contributed by atoms with Crippen molar-refractivity contribution in [1.29, 1.82) is 0 Å². The van der Waals surface area contributed by atoms with Gasteiger partial charge in [-0.2, -0.15) is 13.2 Å². The molecule has 0 spiro atoms. The number of aliphatic imine (C=N–C) groups is 1. The number of halogens is 3. The first-order chi connectivity index (χ1) is 11.0. The van der Waals surface area contributed by atoms with E-state index in [9.17, 15) is 21.6 Å². The van der Waals surface area contributed by atoms with Crippen LogP contribution in [-0.4, -0.2) is 43.3 Å². The van der Waals surface area contributed by atoms with Gasteiger partial charge in [-0.25, -0.2) is 13.1 Å². The lowest BCUT2D eigenvalue weighted by Crippen LogP contribution is -2.44. The quantitative estimate of drug-likeness (QED) is 0.813. The number of alkyl halides is 3. The van der Waals surface area contributed by atoms with E-state index in [2.05, 4.69) is 13.8 Å². The van der Waals surface area contributed by atoms with Crippen molar-refractivity contribution in [3.63, 3.8) is 0 Å². The average Bonchev–Trinajstić information content (AvgIpc) is 2.86. The van der Waals surface area contributed by atoms with Gasteiger partial charge >= 0.3 is 15.5 Å². The summed E-state index contributed by atoms with van der Waals surface area (Å²) in [4.78, 5) is 6.65. The Labute approximate surface area is 141 Å². The Morgan fingerprint density at radius 3 is 2.38 bits per heavy atom. The lowest BCUT2D eigenvalue weighted by atomic mass is 9.90. The van der Waals surface area contributed by atoms with Crippen molar-refractivity contribution in [2.45, 2.75) is 64.5 Å². The minimum absolute atomic E-state index is 0.00849. The van der Waals surface area contributed by atoms with Gasteiger partial charge in [-0.15, -0.1) is 0 Å². The highest BCUT2D eigenvalue weighted by Gasteiger charge is 2.48. The highest BCUT2D eigenvalue weighted by Crippen LogP contribution is 2.36. The zero-order valence-electron chi connectivity index (χ0n) is 14.3. The molecule has 0 bridgehead atoms. The highest BCUT2D eigenvalue weighted by molar-refractivity contribution is 7.90. The third kappa shape index (κ3) is 3.46. The SMILES string of the molecule is CCC1=N[C@@H](C(C)C)C(CC)=C2C[C@H](NS(=O)(=O)C(F)(F)F)CN12. The number of sulfonamides is 1. The van der Waals surface area contributed by atoms with E-state index in [1.54, 1.807) is 4.72 Å². The largest absolute Gasteiger partial charge is 0.511 e. The third-order valence-electron chi connectivity index (χ3n) is 4.45. The molecule has 0 aromatic carbocycles. The molecule has 2 atom stereocenters. The topological polar surface area (TPSA) is 61.8 Å². The molecule has 0 radical (unpaired) electrons. The van der Waals surface area contributed by atoms with Crippen LogP contribution < -0.4 is 4.72 Å². The average molecular weight is 367 g/mol. The van der Waals surface area contributed by atoms with Crippen molar-refractivity contribution >= 4 is 15.9 Å². The summed E-state index contributed by atoms with van der Waals surface area (Å²) < 4.78 is 62.4. The van der Waals surface area contributed by atoms with Gasteiger partial charge < -0.3 is 4.90 Å². The molecule has 0 saturated carbocycles. The van der Waals surface area contributed by atoms with Gasteiger partial charge in [0.05, 0.1) is 6.04 Å². The number of rotatable bonds is 5. The number of nitrogens with one attached hydrogen (secondary N) is 1. The number of fused-ring (bicyclic) bond motifs is 1. The zero-order valence-corrected chi connectivity index (χ0v) is 15.1. The molecule has 2 aliphatic heterocycles. The second-order valence-corrected chi connectivity index (χ2v) is 8.20. The van der Waals surface area contributed by atoms with Gasteiger partial charge in [0.25, 0.3) is 0 Å². The van der Waals surface area contributed by atoms with Crippen LogP contribution in [0.2, 0.25) is 0 Å². The lowest BCUT2D eigenvalue weighted by molar-refractivity contribution is -0.0450. The van der Waals surface area contributed by atoms with Crippen LogP contribution in [0, 0.1) is 5.92 Å². The Morgan fingerprint density at radius 1 is 1.29 bits per heavy atom. The van der Waals surface area contributed by atoms with E-state index in [0.29, 0.717) is 6.42 Å².